The zero-order valence-corrected chi connectivity index (χ0v) is 12.4. The Labute approximate surface area is 124 Å². The second-order valence-electron chi connectivity index (χ2n) is 5.34. The van der Waals surface area contributed by atoms with Gasteiger partial charge in [-0.3, -0.25) is 4.79 Å². The molecule has 0 saturated heterocycles. The lowest BCUT2D eigenvalue weighted by Crippen LogP contribution is -2.43. The molecule has 1 amide bonds. The summed E-state index contributed by atoms with van der Waals surface area (Å²) in [5.41, 5.74) is 6.85. The van der Waals surface area contributed by atoms with E-state index in [9.17, 15) is 9.90 Å². The van der Waals surface area contributed by atoms with Crippen molar-refractivity contribution in [2.45, 2.75) is 38.6 Å². The molecule has 0 aromatic heterocycles. The lowest BCUT2D eigenvalue weighted by Gasteiger charge is -2.28. The highest BCUT2D eigenvalue weighted by Crippen LogP contribution is 2.26. The second-order valence-corrected chi connectivity index (χ2v) is 5.86. The van der Waals surface area contributed by atoms with Gasteiger partial charge in [-0.2, -0.15) is 0 Å². The van der Waals surface area contributed by atoms with E-state index >= 15 is 0 Å². The largest absolute Gasteiger partial charge is 0.508 e. The summed E-state index contributed by atoms with van der Waals surface area (Å²) in [5, 5.41) is 9.76. The van der Waals surface area contributed by atoms with Crippen molar-refractivity contribution in [2.24, 2.45) is 5.73 Å². The molecule has 3 N–H and O–H groups in total. The SMILES string of the molecule is Cc1ccc(C(=O)N(CC(N)=S)C2CCCC2)cc1O. The van der Waals surface area contributed by atoms with Gasteiger partial charge in [-0.05, 0) is 37.5 Å². The van der Waals surface area contributed by atoms with Crippen molar-refractivity contribution in [3.63, 3.8) is 0 Å². The number of phenols is 1. The molecule has 2 rings (SSSR count). The van der Waals surface area contributed by atoms with Crippen LogP contribution < -0.4 is 5.73 Å². The Balaban J connectivity index is 2.24. The number of thiocarbonyl (C=S) groups is 1. The van der Waals surface area contributed by atoms with E-state index < -0.39 is 0 Å². The monoisotopic (exact) mass is 292 g/mol. The first-order chi connectivity index (χ1) is 9.49. The minimum absolute atomic E-state index is 0.111. The average Bonchev–Trinajstić information content (AvgIpc) is 2.92. The Morgan fingerprint density at radius 2 is 2.10 bits per heavy atom. The van der Waals surface area contributed by atoms with E-state index in [2.05, 4.69) is 0 Å². The van der Waals surface area contributed by atoms with Gasteiger partial charge in [0, 0.05) is 11.6 Å². The lowest BCUT2D eigenvalue weighted by atomic mass is 10.1. The minimum atomic E-state index is -0.111. The van der Waals surface area contributed by atoms with Crippen molar-refractivity contribution < 1.29 is 9.90 Å². The molecule has 0 heterocycles. The van der Waals surface area contributed by atoms with Crippen LogP contribution in [0.4, 0.5) is 0 Å². The number of aryl methyl sites for hydroxylation is 1. The number of aromatic hydroxyl groups is 1. The van der Waals surface area contributed by atoms with Crippen LogP contribution in [0.2, 0.25) is 0 Å². The molecule has 5 heteroatoms. The molecule has 1 aliphatic rings. The normalized spacial score (nSPS) is 15.2. The van der Waals surface area contributed by atoms with Crippen molar-refractivity contribution in [1.29, 1.82) is 0 Å². The van der Waals surface area contributed by atoms with E-state index in [0.717, 1.165) is 31.2 Å². The molecule has 108 valence electrons. The van der Waals surface area contributed by atoms with Gasteiger partial charge in [-0.15, -0.1) is 0 Å². The lowest BCUT2D eigenvalue weighted by molar-refractivity contribution is 0.0714. The number of carbonyl (C=O) groups is 1. The van der Waals surface area contributed by atoms with Gasteiger partial charge in [0.05, 0.1) is 11.5 Å². The van der Waals surface area contributed by atoms with E-state index in [0.29, 0.717) is 17.1 Å². The van der Waals surface area contributed by atoms with Gasteiger partial charge in [-0.25, -0.2) is 0 Å². The summed E-state index contributed by atoms with van der Waals surface area (Å²) in [6.45, 7) is 2.10. The molecule has 0 unspecified atom stereocenters. The molecule has 1 saturated carbocycles. The molecule has 0 radical (unpaired) electrons. The third-order valence-electron chi connectivity index (χ3n) is 3.81. The first-order valence-electron chi connectivity index (χ1n) is 6.88. The van der Waals surface area contributed by atoms with Crippen molar-refractivity contribution in [3.05, 3.63) is 29.3 Å². The quantitative estimate of drug-likeness (QED) is 0.836. The summed E-state index contributed by atoms with van der Waals surface area (Å²) in [6, 6.07) is 5.20. The number of hydrogen-bond acceptors (Lipinski definition) is 3. The number of carbonyl (C=O) groups excluding carboxylic acids is 1. The highest BCUT2D eigenvalue weighted by atomic mass is 32.1. The Hall–Kier alpha value is -1.62. The van der Waals surface area contributed by atoms with Gasteiger partial charge in [0.25, 0.3) is 5.91 Å². The third kappa shape index (κ3) is 3.28. The molecule has 1 aliphatic carbocycles. The molecular weight excluding hydrogens is 272 g/mol. The van der Waals surface area contributed by atoms with Gasteiger partial charge < -0.3 is 15.7 Å². The maximum Gasteiger partial charge on any atom is 0.254 e. The second kappa shape index (κ2) is 6.22. The van der Waals surface area contributed by atoms with Crippen LogP contribution in [0.15, 0.2) is 18.2 Å². The van der Waals surface area contributed by atoms with Crippen LogP contribution in [-0.4, -0.2) is 33.5 Å². The third-order valence-corrected chi connectivity index (χ3v) is 3.94. The maximum atomic E-state index is 12.6. The van der Waals surface area contributed by atoms with Crippen LogP contribution in [0.1, 0.15) is 41.6 Å². The first-order valence-corrected chi connectivity index (χ1v) is 7.28. The molecule has 20 heavy (non-hydrogen) atoms. The minimum Gasteiger partial charge on any atom is -0.508 e. The van der Waals surface area contributed by atoms with Gasteiger partial charge in [0.1, 0.15) is 5.75 Å². The fourth-order valence-corrected chi connectivity index (χ4v) is 2.80. The average molecular weight is 292 g/mol. The summed E-state index contributed by atoms with van der Waals surface area (Å²) >= 11 is 4.96. The molecule has 1 aromatic rings. The topological polar surface area (TPSA) is 66.6 Å². The predicted octanol–water partition coefficient (Wildman–Crippen LogP) is 2.37. The summed E-state index contributed by atoms with van der Waals surface area (Å²) in [7, 11) is 0. The summed E-state index contributed by atoms with van der Waals surface area (Å²) < 4.78 is 0. The molecule has 1 fully saturated rings. The van der Waals surface area contributed by atoms with Gasteiger partial charge in [-0.1, -0.05) is 31.1 Å². The fraction of sp³-hybridized carbons (Fsp3) is 0.467. The Morgan fingerprint density at radius 3 is 2.65 bits per heavy atom. The van der Waals surface area contributed by atoms with Crippen molar-refractivity contribution in [2.75, 3.05) is 6.54 Å². The number of amides is 1. The van der Waals surface area contributed by atoms with Crippen molar-refractivity contribution in [1.82, 2.24) is 4.90 Å². The highest BCUT2D eigenvalue weighted by molar-refractivity contribution is 7.80. The van der Waals surface area contributed by atoms with Crippen LogP contribution in [0, 0.1) is 6.92 Å². The predicted molar refractivity (Wildman–Crippen MR) is 82.9 cm³/mol. The van der Waals surface area contributed by atoms with E-state index in [1.54, 1.807) is 24.0 Å². The van der Waals surface area contributed by atoms with Crippen molar-refractivity contribution in [3.8, 4) is 5.75 Å². The summed E-state index contributed by atoms with van der Waals surface area (Å²) in [4.78, 5) is 14.7. The number of nitrogens with zero attached hydrogens (tertiary/aromatic N) is 1. The Morgan fingerprint density at radius 1 is 1.45 bits per heavy atom. The van der Waals surface area contributed by atoms with Gasteiger partial charge >= 0.3 is 0 Å². The number of rotatable bonds is 4. The standard InChI is InChI=1S/C15H20N2O2S/c1-10-6-7-11(8-13(10)18)15(19)17(9-14(16)20)12-4-2-3-5-12/h6-8,12,18H,2-5,9H2,1H3,(H2,16,20). The van der Waals surface area contributed by atoms with Crippen LogP contribution in [-0.2, 0) is 0 Å². The molecule has 0 aliphatic heterocycles. The van der Waals surface area contributed by atoms with Crippen LogP contribution in [0.5, 0.6) is 5.75 Å². The maximum absolute atomic E-state index is 12.6. The molecule has 1 aromatic carbocycles. The molecule has 4 nitrogen and oxygen atoms in total. The number of nitrogens with two attached hydrogens (primary N) is 1. The van der Waals surface area contributed by atoms with E-state index in [-0.39, 0.29) is 17.7 Å². The van der Waals surface area contributed by atoms with Crippen LogP contribution >= 0.6 is 12.2 Å². The van der Waals surface area contributed by atoms with Gasteiger partial charge in [0.2, 0.25) is 0 Å². The summed E-state index contributed by atoms with van der Waals surface area (Å²) in [6.07, 6.45) is 4.24. The van der Waals surface area contributed by atoms with E-state index in [4.69, 9.17) is 18.0 Å². The zero-order valence-electron chi connectivity index (χ0n) is 11.6. The number of hydrogen-bond donors (Lipinski definition) is 2. The fourth-order valence-electron chi connectivity index (χ4n) is 2.66. The van der Waals surface area contributed by atoms with Crippen LogP contribution in [0.3, 0.4) is 0 Å². The molecule has 0 spiro atoms. The van der Waals surface area contributed by atoms with Crippen LogP contribution in [0.25, 0.3) is 0 Å². The Bertz CT molecular complexity index is 525. The molecule has 0 atom stereocenters. The summed E-state index contributed by atoms with van der Waals surface area (Å²) in [5.74, 6) is 0.0255. The zero-order chi connectivity index (χ0) is 14.7. The van der Waals surface area contributed by atoms with E-state index in [1.165, 1.54) is 6.07 Å². The van der Waals surface area contributed by atoms with E-state index in [1.807, 2.05) is 0 Å². The Kier molecular flexibility index (Phi) is 4.60. The number of benzene rings is 1. The van der Waals surface area contributed by atoms with Crippen molar-refractivity contribution >= 4 is 23.1 Å². The first kappa shape index (κ1) is 14.8. The molecule has 0 bridgehead atoms. The number of phenolic OH excluding ortho intramolecular Hbond substituents is 1. The highest BCUT2D eigenvalue weighted by Gasteiger charge is 2.28. The van der Waals surface area contributed by atoms with Gasteiger partial charge in [0.15, 0.2) is 0 Å². The smallest absolute Gasteiger partial charge is 0.254 e. The molecular formula is C15H20N2O2S.